The van der Waals surface area contributed by atoms with Crippen molar-refractivity contribution in [1.82, 2.24) is 4.98 Å². The van der Waals surface area contributed by atoms with Crippen molar-refractivity contribution in [1.29, 1.82) is 0 Å². The van der Waals surface area contributed by atoms with Crippen LogP contribution in [0.2, 0.25) is 5.02 Å². The van der Waals surface area contributed by atoms with Crippen LogP contribution in [0.1, 0.15) is 23.1 Å². The van der Waals surface area contributed by atoms with Crippen molar-refractivity contribution < 1.29 is 5.11 Å². The molecule has 16 heavy (non-hydrogen) atoms. The van der Waals surface area contributed by atoms with Crippen molar-refractivity contribution in [3.63, 3.8) is 0 Å². The molecule has 84 valence electrons. The molecular formula is C12H12ClNOS. The van der Waals surface area contributed by atoms with Crippen LogP contribution < -0.4 is 0 Å². The van der Waals surface area contributed by atoms with Gasteiger partial charge in [0.25, 0.3) is 0 Å². The van der Waals surface area contributed by atoms with E-state index in [0.717, 1.165) is 17.0 Å². The SMILES string of the molecule is OC(CCc1ccccn1)c1sccc1Cl. The number of halogens is 1. The van der Waals surface area contributed by atoms with Gasteiger partial charge < -0.3 is 5.11 Å². The largest absolute Gasteiger partial charge is 0.388 e. The predicted molar refractivity (Wildman–Crippen MR) is 66.8 cm³/mol. The molecule has 0 aliphatic carbocycles. The highest BCUT2D eigenvalue weighted by Gasteiger charge is 2.12. The van der Waals surface area contributed by atoms with Gasteiger partial charge in [-0.25, -0.2) is 0 Å². The molecule has 1 atom stereocenters. The van der Waals surface area contributed by atoms with Gasteiger partial charge in [-0.1, -0.05) is 17.7 Å². The molecule has 0 spiro atoms. The van der Waals surface area contributed by atoms with Crippen LogP contribution >= 0.6 is 22.9 Å². The van der Waals surface area contributed by atoms with E-state index in [4.69, 9.17) is 11.6 Å². The maximum Gasteiger partial charge on any atom is 0.0900 e. The number of pyridine rings is 1. The average Bonchev–Trinajstić information content (AvgIpc) is 2.74. The number of thiophene rings is 1. The summed E-state index contributed by atoms with van der Waals surface area (Å²) in [6, 6.07) is 7.61. The van der Waals surface area contributed by atoms with E-state index in [0.29, 0.717) is 11.4 Å². The van der Waals surface area contributed by atoms with Crippen molar-refractivity contribution in [2.75, 3.05) is 0 Å². The second-order valence-corrected chi connectivity index (χ2v) is 4.86. The van der Waals surface area contributed by atoms with Gasteiger partial charge in [0.05, 0.1) is 16.0 Å². The van der Waals surface area contributed by atoms with E-state index in [1.165, 1.54) is 11.3 Å². The first-order valence-corrected chi connectivity index (χ1v) is 6.34. The van der Waals surface area contributed by atoms with Crippen molar-refractivity contribution in [2.45, 2.75) is 18.9 Å². The lowest BCUT2D eigenvalue weighted by Crippen LogP contribution is -1.99. The molecule has 0 amide bonds. The number of nitrogens with zero attached hydrogens (tertiary/aromatic N) is 1. The Labute approximate surface area is 104 Å². The average molecular weight is 254 g/mol. The summed E-state index contributed by atoms with van der Waals surface area (Å²) in [5, 5.41) is 12.5. The third-order valence-corrected chi connectivity index (χ3v) is 3.81. The molecule has 0 aliphatic heterocycles. The van der Waals surface area contributed by atoms with Gasteiger partial charge in [0.2, 0.25) is 0 Å². The monoisotopic (exact) mass is 253 g/mol. The molecule has 2 aromatic rings. The zero-order chi connectivity index (χ0) is 11.4. The normalized spacial score (nSPS) is 12.6. The Morgan fingerprint density at radius 1 is 1.38 bits per heavy atom. The molecule has 2 nitrogen and oxygen atoms in total. The Morgan fingerprint density at radius 3 is 2.88 bits per heavy atom. The third-order valence-electron chi connectivity index (χ3n) is 2.35. The van der Waals surface area contributed by atoms with Gasteiger partial charge >= 0.3 is 0 Å². The Morgan fingerprint density at radius 2 is 2.25 bits per heavy atom. The van der Waals surface area contributed by atoms with Gasteiger partial charge in [0.15, 0.2) is 0 Å². The van der Waals surface area contributed by atoms with Crippen molar-refractivity contribution in [3.8, 4) is 0 Å². The van der Waals surface area contributed by atoms with Gasteiger partial charge in [-0.3, -0.25) is 4.98 Å². The fraction of sp³-hybridized carbons (Fsp3) is 0.250. The molecule has 1 N–H and O–H groups in total. The number of aliphatic hydroxyl groups is 1. The summed E-state index contributed by atoms with van der Waals surface area (Å²) >= 11 is 7.44. The molecule has 2 rings (SSSR count). The van der Waals surface area contributed by atoms with Gasteiger partial charge in [-0.15, -0.1) is 11.3 Å². The van der Waals surface area contributed by atoms with Crippen molar-refractivity contribution >= 4 is 22.9 Å². The quantitative estimate of drug-likeness (QED) is 0.905. The Bertz CT molecular complexity index is 443. The minimum absolute atomic E-state index is 0.491. The van der Waals surface area contributed by atoms with Crippen LogP contribution in [-0.4, -0.2) is 10.1 Å². The molecule has 2 aromatic heterocycles. The van der Waals surface area contributed by atoms with Crippen LogP contribution in [0.3, 0.4) is 0 Å². The van der Waals surface area contributed by atoms with Gasteiger partial charge in [-0.2, -0.15) is 0 Å². The van der Waals surface area contributed by atoms with E-state index in [2.05, 4.69) is 4.98 Å². The van der Waals surface area contributed by atoms with Gasteiger partial charge in [0.1, 0.15) is 0 Å². The summed E-state index contributed by atoms with van der Waals surface area (Å²) in [6.45, 7) is 0. The fourth-order valence-electron chi connectivity index (χ4n) is 1.50. The molecular weight excluding hydrogens is 242 g/mol. The first-order chi connectivity index (χ1) is 7.77. The Kier molecular flexibility index (Phi) is 3.93. The zero-order valence-electron chi connectivity index (χ0n) is 8.64. The second-order valence-electron chi connectivity index (χ2n) is 3.51. The molecule has 0 radical (unpaired) electrons. The minimum atomic E-state index is -0.491. The van der Waals surface area contributed by atoms with E-state index in [-0.39, 0.29) is 0 Å². The highest BCUT2D eigenvalue weighted by molar-refractivity contribution is 7.10. The first-order valence-electron chi connectivity index (χ1n) is 5.08. The van der Waals surface area contributed by atoms with Gasteiger partial charge in [0, 0.05) is 11.9 Å². The molecule has 4 heteroatoms. The number of hydrogen-bond acceptors (Lipinski definition) is 3. The predicted octanol–water partition coefficient (Wildman–Crippen LogP) is 3.46. The van der Waals surface area contributed by atoms with E-state index in [1.54, 1.807) is 6.20 Å². The molecule has 0 bridgehead atoms. The van der Waals surface area contributed by atoms with Crippen LogP contribution in [0, 0.1) is 0 Å². The molecule has 1 unspecified atom stereocenters. The molecule has 0 aliphatic rings. The van der Waals surface area contributed by atoms with Crippen LogP contribution in [-0.2, 0) is 6.42 Å². The number of hydrogen-bond donors (Lipinski definition) is 1. The molecule has 0 fully saturated rings. The van der Waals surface area contributed by atoms with E-state index < -0.39 is 6.10 Å². The molecule has 0 saturated heterocycles. The topological polar surface area (TPSA) is 33.1 Å². The zero-order valence-corrected chi connectivity index (χ0v) is 10.2. The van der Waals surface area contributed by atoms with Crippen molar-refractivity contribution in [3.05, 3.63) is 51.4 Å². The van der Waals surface area contributed by atoms with Crippen molar-refractivity contribution in [2.24, 2.45) is 0 Å². The maximum absolute atomic E-state index is 9.95. The number of aryl methyl sites for hydroxylation is 1. The minimum Gasteiger partial charge on any atom is -0.388 e. The Balaban J connectivity index is 1.94. The number of aromatic nitrogens is 1. The highest BCUT2D eigenvalue weighted by atomic mass is 35.5. The summed E-state index contributed by atoms with van der Waals surface area (Å²) in [4.78, 5) is 5.06. The van der Waals surface area contributed by atoms with Crippen LogP contribution in [0.5, 0.6) is 0 Å². The summed E-state index contributed by atoms with van der Waals surface area (Å²) in [6.07, 6.45) is 2.68. The van der Waals surface area contributed by atoms with E-state index >= 15 is 0 Å². The highest BCUT2D eigenvalue weighted by Crippen LogP contribution is 2.30. The summed E-state index contributed by atoms with van der Waals surface area (Å²) in [5.41, 5.74) is 0.995. The summed E-state index contributed by atoms with van der Waals surface area (Å²) < 4.78 is 0. The third kappa shape index (κ3) is 2.82. The van der Waals surface area contributed by atoms with E-state index in [1.807, 2.05) is 29.6 Å². The standard InChI is InChI=1S/C12H12ClNOS/c13-10-6-8-16-12(10)11(15)5-4-9-3-1-2-7-14-9/h1-3,6-8,11,15H,4-5H2. The van der Waals surface area contributed by atoms with Crippen LogP contribution in [0.4, 0.5) is 0 Å². The Hall–Kier alpha value is -0.900. The summed E-state index contributed by atoms with van der Waals surface area (Å²) in [7, 11) is 0. The molecule has 0 aromatic carbocycles. The molecule has 0 saturated carbocycles. The molecule has 2 heterocycles. The van der Waals surface area contributed by atoms with Crippen LogP contribution in [0.15, 0.2) is 35.8 Å². The lowest BCUT2D eigenvalue weighted by atomic mass is 10.1. The number of rotatable bonds is 4. The van der Waals surface area contributed by atoms with Gasteiger partial charge in [-0.05, 0) is 36.4 Å². The summed E-state index contributed by atoms with van der Waals surface area (Å²) in [5.74, 6) is 0. The van der Waals surface area contributed by atoms with E-state index in [9.17, 15) is 5.11 Å². The second kappa shape index (κ2) is 5.43. The maximum atomic E-state index is 9.95. The number of aliphatic hydroxyl groups excluding tert-OH is 1. The smallest absolute Gasteiger partial charge is 0.0900 e. The lowest BCUT2D eigenvalue weighted by Gasteiger charge is -2.08. The van der Waals surface area contributed by atoms with Crippen LogP contribution in [0.25, 0.3) is 0 Å². The lowest BCUT2D eigenvalue weighted by molar-refractivity contribution is 0.171. The fourth-order valence-corrected chi connectivity index (χ4v) is 2.71. The first kappa shape index (κ1) is 11.6.